The molecule has 0 aliphatic carbocycles. The minimum absolute atomic E-state index is 0.225. The summed E-state index contributed by atoms with van der Waals surface area (Å²) in [4.78, 5) is 2.44. The number of hydrogen-bond acceptors (Lipinski definition) is 4. The summed E-state index contributed by atoms with van der Waals surface area (Å²) in [5.74, 6) is 0.532. The van der Waals surface area contributed by atoms with Crippen LogP contribution in [0.2, 0.25) is 0 Å². The summed E-state index contributed by atoms with van der Waals surface area (Å²) in [5.41, 5.74) is 6.28. The molecule has 1 saturated heterocycles. The van der Waals surface area contributed by atoms with Gasteiger partial charge >= 0.3 is 0 Å². The van der Waals surface area contributed by atoms with Gasteiger partial charge in [-0.1, -0.05) is 6.92 Å². The van der Waals surface area contributed by atoms with Gasteiger partial charge in [0.05, 0.1) is 13.2 Å². The van der Waals surface area contributed by atoms with Crippen LogP contribution < -0.4 is 5.73 Å². The van der Waals surface area contributed by atoms with Gasteiger partial charge in [0.15, 0.2) is 0 Å². The van der Waals surface area contributed by atoms with E-state index in [0.717, 1.165) is 45.8 Å². The van der Waals surface area contributed by atoms with Crippen LogP contribution >= 0.6 is 0 Å². The third-order valence-electron chi connectivity index (χ3n) is 3.81. The molecule has 0 aromatic rings. The van der Waals surface area contributed by atoms with Crippen molar-refractivity contribution in [2.24, 2.45) is 11.7 Å². The first-order valence-electron chi connectivity index (χ1n) is 6.75. The zero-order valence-corrected chi connectivity index (χ0v) is 11.5. The SMILES string of the molecule is CCC(C)N(CCOC)CC(N)C1CCOC1. The Morgan fingerprint density at radius 2 is 2.29 bits per heavy atom. The lowest BCUT2D eigenvalue weighted by Gasteiger charge is -2.32. The minimum Gasteiger partial charge on any atom is -0.383 e. The summed E-state index contributed by atoms with van der Waals surface area (Å²) in [6, 6.07) is 0.793. The van der Waals surface area contributed by atoms with Gasteiger partial charge in [-0.05, 0) is 19.8 Å². The quantitative estimate of drug-likeness (QED) is 0.694. The Labute approximate surface area is 105 Å². The lowest BCUT2D eigenvalue weighted by atomic mass is 9.99. The molecule has 17 heavy (non-hydrogen) atoms. The van der Waals surface area contributed by atoms with Crippen LogP contribution in [0.5, 0.6) is 0 Å². The molecule has 0 radical (unpaired) electrons. The Morgan fingerprint density at radius 3 is 2.82 bits per heavy atom. The van der Waals surface area contributed by atoms with Crippen molar-refractivity contribution in [1.29, 1.82) is 0 Å². The van der Waals surface area contributed by atoms with E-state index in [2.05, 4.69) is 18.7 Å². The molecule has 1 rings (SSSR count). The molecule has 0 aromatic heterocycles. The minimum atomic E-state index is 0.225. The summed E-state index contributed by atoms with van der Waals surface area (Å²) in [7, 11) is 1.75. The van der Waals surface area contributed by atoms with Gasteiger partial charge in [-0.2, -0.15) is 0 Å². The van der Waals surface area contributed by atoms with Gasteiger partial charge in [-0.15, -0.1) is 0 Å². The van der Waals surface area contributed by atoms with E-state index in [1.807, 2.05) is 0 Å². The first-order valence-corrected chi connectivity index (χ1v) is 6.75. The van der Waals surface area contributed by atoms with Crippen molar-refractivity contribution in [3.8, 4) is 0 Å². The van der Waals surface area contributed by atoms with E-state index in [9.17, 15) is 0 Å². The first-order chi connectivity index (χ1) is 8.19. The average molecular weight is 244 g/mol. The molecule has 0 saturated carbocycles. The van der Waals surface area contributed by atoms with E-state index < -0.39 is 0 Å². The fourth-order valence-corrected chi connectivity index (χ4v) is 2.27. The normalized spacial score (nSPS) is 24.2. The molecule has 0 bridgehead atoms. The fourth-order valence-electron chi connectivity index (χ4n) is 2.27. The highest BCUT2D eigenvalue weighted by Gasteiger charge is 2.25. The molecular formula is C13H28N2O2. The number of ether oxygens (including phenoxy) is 2. The second-order valence-electron chi connectivity index (χ2n) is 5.03. The fraction of sp³-hybridized carbons (Fsp3) is 1.00. The van der Waals surface area contributed by atoms with Crippen LogP contribution in [0.25, 0.3) is 0 Å². The Morgan fingerprint density at radius 1 is 1.53 bits per heavy atom. The maximum absolute atomic E-state index is 6.28. The molecule has 1 heterocycles. The number of methoxy groups -OCH3 is 1. The van der Waals surface area contributed by atoms with Crippen molar-refractivity contribution < 1.29 is 9.47 Å². The van der Waals surface area contributed by atoms with Gasteiger partial charge in [0, 0.05) is 44.8 Å². The van der Waals surface area contributed by atoms with Crippen LogP contribution in [-0.2, 0) is 9.47 Å². The largest absolute Gasteiger partial charge is 0.383 e. The highest BCUT2D eigenvalue weighted by molar-refractivity contribution is 4.81. The van der Waals surface area contributed by atoms with Gasteiger partial charge in [-0.25, -0.2) is 0 Å². The molecule has 4 heteroatoms. The molecule has 102 valence electrons. The maximum atomic E-state index is 6.28. The third kappa shape index (κ3) is 4.92. The second kappa shape index (κ2) is 8.03. The molecule has 3 unspecified atom stereocenters. The first kappa shape index (κ1) is 14.9. The van der Waals surface area contributed by atoms with Gasteiger partial charge in [0.2, 0.25) is 0 Å². The predicted octanol–water partition coefficient (Wildman–Crippen LogP) is 1.10. The zero-order chi connectivity index (χ0) is 12.7. The highest BCUT2D eigenvalue weighted by Crippen LogP contribution is 2.17. The third-order valence-corrected chi connectivity index (χ3v) is 3.81. The van der Waals surface area contributed by atoms with Crippen molar-refractivity contribution in [2.75, 3.05) is 40.0 Å². The summed E-state index contributed by atoms with van der Waals surface area (Å²) in [5, 5.41) is 0. The molecule has 1 aliphatic rings. The second-order valence-corrected chi connectivity index (χ2v) is 5.03. The van der Waals surface area contributed by atoms with E-state index in [-0.39, 0.29) is 6.04 Å². The Balaban J connectivity index is 2.39. The maximum Gasteiger partial charge on any atom is 0.0589 e. The molecule has 1 aliphatic heterocycles. The van der Waals surface area contributed by atoms with E-state index in [1.165, 1.54) is 0 Å². The van der Waals surface area contributed by atoms with Gasteiger partial charge in [-0.3, -0.25) is 4.90 Å². The van der Waals surface area contributed by atoms with E-state index in [0.29, 0.717) is 12.0 Å². The lowest BCUT2D eigenvalue weighted by Crippen LogP contribution is -2.46. The standard InChI is InChI=1S/C13H28N2O2/c1-4-11(2)15(6-8-16-3)9-13(14)12-5-7-17-10-12/h11-13H,4-10,14H2,1-3H3. The van der Waals surface area contributed by atoms with Crippen LogP contribution in [0.3, 0.4) is 0 Å². The Bertz CT molecular complexity index is 196. The van der Waals surface area contributed by atoms with E-state index in [4.69, 9.17) is 15.2 Å². The molecule has 3 atom stereocenters. The van der Waals surface area contributed by atoms with Crippen molar-refractivity contribution in [1.82, 2.24) is 4.90 Å². The van der Waals surface area contributed by atoms with Crippen LogP contribution in [0.1, 0.15) is 26.7 Å². The summed E-state index contributed by atoms with van der Waals surface area (Å²) in [6.07, 6.45) is 2.26. The molecule has 0 aromatic carbocycles. The number of nitrogens with zero attached hydrogens (tertiary/aromatic N) is 1. The Hall–Kier alpha value is -0.160. The Kier molecular flexibility index (Phi) is 7.04. The van der Waals surface area contributed by atoms with Crippen LogP contribution in [0.4, 0.5) is 0 Å². The molecule has 1 fully saturated rings. The average Bonchev–Trinajstić information content (AvgIpc) is 2.87. The van der Waals surface area contributed by atoms with E-state index >= 15 is 0 Å². The molecular weight excluding hydrogens is 216 g/mol. The van der Waals surface area contributed by atoms with Crippen molar-refractivity contribution in [3.05, 3.63) is 0 Å². The van der Waals surface area contributed by atoms with Gasteiger partial charge in [0.1, 0.15) is 0 Å². The predicted molar refractivity (Wildman–Crippen MR) is 70.1 cm³/mol. The number of hydrogen-bond donors (Lipinski definition) is 1. The summed E-state index contributed by atoms with van der Waals surface area (Å²) >= 11 is 0. The van der Waals surface area contributed by atoms with E-state index in [1.54, 1.807) is 7.11 Å². The number of rotatable bonds is 8. The molecule has 2 N–H and O–H groups in total. The number of nitrogens with two attached hydrogens (primary N) is 1. The van der Waals surface area contributed by atoms with Gasteiger partial charge in [0.25, 0.3) is 0 Å². The topological polar surface area (TPSA) is 47.7 Å². The van der Waals surface area contributed by atoms with Crippen molar-refractivity contribution >= 4 is 0 Å². The highest BCUT2D eigenvalue weighted by atomic mass is 16.5. The smallest absolute Gasteiger partial charge is 0.0589 e. The summed E-state index contributed by atoms with van der Waals surface area (Å²) < 4.78 is 10.6. The van der Waals surface area contributed by atoms with Crippen molar-refractivity contribution in [2.45, 2.75) is 38.8 Å². The van der Waals surface area contributed by atoms with Crippen LogP contribution in [0.15, 0.2) is 0 Å². The zero-order valence-electron chi connectivity index (χ0n) is 11.5. The molecule has 4 nitrogen and oxygen atoms in total. The van der Waals surface area contributed by atoms with Crippen LogP contribution in [-0.4, -0.2) is 57.0 Å². The van der Waals surface area contributed by atoms with Crippen LogP contribution in [0, 0.1) is 5.92 Å². The molecule has 0 amide bonds. The van der Waals surface area contributed by atoms with Gasteiger partial charge < -0.3 is 15.2 Å². The summed E-state index contributed by atoms with van der Waals surface area (Å²) in [6.45, 7) is 8.87. The molecule has 0 spiro atoms. The van der Waals surface area contributed by atoms with Crippen molar-refractivity contribution in [3.63, 3.8) is 0 Å². The monoisotopic (exact) mass is 244 g/mol. The lowest BCUT2D eigenvalue weighted by molar-refractivity contribution is 0.108.